The van der Waals surface area contributed by atoms with Crippen molar-refractivity contribution in [1.82, 2.24) is 14.5 Å². The number of nitrogens with zero attached hydrogens (tertiary/aromatic N) is 2. The molecule has 2 aliphatic rings. The van der Waals surface area contributed by atoms with E-state index in [4.69, 9.17) is 0 Å². The maximum absolute atomic E-state index is 12.9. The Hall–Kier alpha value is -1.74. The summed E-state index contributed by atoms with van der Waals surface area (Å²) in [6.07, 6.45) is 3.41. The molecule has 1 aromatic heterocycles. The average molecular weight is 476 g/mol. The second kappa shape index (κ2) is 10.5. The quantitative estimate of drug-likeness (QED) is 0.665. The van der Waals surface area contributed by atoms with Crippen LogP contribution in [0.2, 0.25) is 0 Å². The van der Waals surface area contributed by atoms with E-state index in [0.717, 1.165) is 45.3 Å². The lowest BCUT2D eigenvalue weighted by Crippen LogP contribution is -2.48. The zero-order valence-electron chi connectivity index (χ0n) is 18.7. The molecule has 174 valence electrons. The summed E-state index contributed by atoms with van der Waals surface area (Å²) in [5.74, 6) is 0.248. The Kier molecular flexibility index (Phi) is 7.66. The lowest BCUT2D eigenvalue weighted by molar-refractivity contribution is -0.127. The highest BCUT2D eigenvalue weighted by molar-refractivity contribution is 7.91. The van der Waals surface area contributed by atoms with Crippen LogP contribution in [0.5, 0.6) is 0 Å². The van der Waals surface area contributed by atoms with Gasteiger partial charge >= 0.3 is 0 Å². The molecule has 0 saturated carbocycles. The number of benzene rings is 1. The molecule has 1 N–H and O–H groups in total. The molecule has 0 aliphatic carbocycles. The molecule has 0 radical (unpaired) electrons. The summed E-state index contributed by atoms with van der Waals surface area (Å²) in [6, 6.07) is 14.2. The Morgan fingerprint density at radius 1 is 1.03 bits per heavy atom. The normalized spacial score (nSPS) is 20.8. The minimum atomic E-state index is -3.39. The lowest BCUT2D eigenvalue weighted by Gasteiger charge is -2.35. The molecule has 2 aromatic rings. The van der Waals surface area contributed by atoms with Crippen LogP contribution in [-0.2, 0) is 21.4 Å². The van der Waals surface area contributed by atoms with Gasteiger partial charge in [0.15, 0.2) is 0 Å². The van der Waals surface area contributed by atoms with Gasteiger partial charge in [-0.05, 0) is 48.6 Å². The zero-order chi connectivity index (χ0) is 22.6. The molecule has 1 aromatic carbocycles. The Labute approximate surface area is 195 Å². The van der Waals surface area contributed by atoms with Crippen molar-refractivity contribution in [1.29, 1.82) is 0 Å². The maximum atomic E-state index is 12.9. The summed E-state index contributed by atoms with van der Waals surface area (Å²) >= 11 is 1.26. The fourth-order valence-corrected chi connectivity index (χ4v) is 7.39. The van der Waals surface area contributed by atoms with Gasteiger partial charge < -0.3 is 5.32 Å². The van der Waals surface area contributed by atoms with Gasteiger partial charge in [-0.2, -0.15) is 4.31 Å². The number of nitrogens with one attached hydrogen (secondary N) is 1. The maximum Gasteiger partial charge on any atom is 0.252 e. The number of hydrogen-bond donors (Lipinski definition) is 1. The first-order chi connectivity index (χ1) is 15.4. The highest BCUT2D eigenvalue weighted by atomic mass is 32.2. The van der Waals surface area contributed by atoms with Crippen LogP contribution in [0.25, 0.3) is 0 Å². The molecule has 1 amide bonds. The van der Waals surface area contributed by atoms with E-state index in [0.29, 0.717) is 17.3 Å². The number of likely N-dealkylation sites (tertiary alicyclic amines) is 1. The minimum Gasteiger partial charge on any atom is -0.353 e. The molecule has 0 bridgehead atoms. The molecule has 32 heavy (non-hydrogen) atoms. The molecule has 3 heterocycles. The van der Waals surface area contributed by atoms with E-state index in [1.165, 1.54) is 16.9 Å². The van der Waals surface area contributed by atoms with Crippen molar-refractivity contribution in [2.45, 2.75) is 49.4 Å². The second-order valence-electron chi connectivity index (χ2n) is 9.01. The van der Waals surface area contributed by atoms with Crippen molar-refractivity contribution in [2.75, 3.05) is 26.2 Å². The second-order valence-corrected chi connectivity index (χ2v) is 12.1. The van der Waals surface area contributed by atoms with E-state index in [2.05, 4.69) is 34.5 Å². The molecule has 2 aliphatic heterocycles. The summed E-state index contributed by atoms with van der Waals surface area (Å²) in [6.45, 7) is 5.92. The van der Waals surface area contributed by atoms with Gasteiger partial charge in [-0.25, -0.2) is 8.42 Å². The molecule has 6 nitrogen and oxygen atoms in total. The van der Waals surface area contributed by atoms with Crippen LogP contribution in [-0.4, -0.2) is 55.8 Å². The van der Waals surface area contributed by atoms with Crippen molar-refractivity contribution in [2.24, 2.45) is 11.8 Å². The van der Waals surface area contributed by atoms with Gasteiger partial charge in [-0.1, -0.05) is 43.3 Å². The number of piperidine rings is 2. The van der Waals surface area contributed by atoms with Crippen LogP contribution in [0.1, 0.15) is 38.2 Å². The van der Waals surface area contributed by atoms with E-state index in [1.807, 2.05) is 13.0 Å². The minimum absolute atomic E-state index is 0.0936. The van der Waals surface area contributed by atoms with Crippen LogP contribution in [0.15, 0.2) is 52.1 Å². The first kappa shape index (κ1) is 23.4. The van der Waals surface area contributed by atoms with Gasteiger partial charge in [0.05, 0.1) is 0 Å². The number of sulfonamides is 1. The molecule has 4 rings (SSSR count). The van der Waals surface area contributed by atoms with E-state index in [9.17, 15) is 13.2 Å². The first-order valence-corrected chi connectivity index (χ1v) is 13.9. The van der Waals surface area contributed by atoms with Crippen molar-refractivity contribution in [3.05, 3.63) is 53.4 Å². The molecular formula is C24H33N3O3S2. The molecule has 0 unspecified atom stereocenters. The summed E-state index contributed by atoms with van der Waals surface area (Å²) < 4.78 is 27.4. The Bertz CT molecular complexity index is 963. The molecular weight excluding hydrogens is 442 g/mol. The van der Waals surface area contributed by atoms with E-state index in [1.54, 1.807) is 21.8 Å². The number of rotatable bonds is 7. The largest absolute Gasteiger partial charge is 0.353 e. The van der Waals surface area contributed by atoms with Gasteiger partial charge in [0.2, 0.25) is 5.91 Å². The number of hydrogen-bond acceptors (Lipinski definition) is 5. The Balaban J connectivity index is 1.21. The predicted octanol–water partition coefficient (Wildman–Crippen LogP) is 3.57. The number of thiophene rings is 1. The zero-order valence-corrected chi connectivity index (χ0v) is 20.3. The van der Waals surface area contributed by atoms with E-state index < -0.39 is 10.0 Å². The van der Waals surface area contributed by atoms with Gasteiger partial charge in [-0.15, -0.1) is 11.3 Å². The van der Waals surface area contributed by atoms with E-state index in [-0.39, 0.29) is 23.8 Å². The van der Waals surface area contributed by atoms with Gasteiger partial charge in [0, 0.05) is 44.7 Å². The highest BCUT2D eigenvalue weighted by Crippen LogP contribution is 2.30. The average Bonchev–Trinajstić information content (AvgIpc) is 3.37. The third-order valence-electron chi connectivity index (χ3n) is 6.89. The SMILES string of the molecule is C[C@@H](C(=O)NC1CCN(Cc2ccccc2)CC1)C1CCN(S(=O)(=O)c2cccs2)CC1. The predicted molar refractivity (Wildman–Crippen MR) is 128 cm³/mol. The van der Waals surface area contributed by atoms with E-state index >= 15 is 0 Å². The van der Waals surface area contributed by atoms with Gasteiger partial charge in [0.1, 0.15) is 4.21 Å². The summed E-state index contributed by atoms with van der Waals surface area (Å²) in [5.41, 5.74) is 1.33. The van der Waals surface area contributed by atoms with Crippen molar-refractivity contribution in [3.8, 4) is 0 Å². The Morgan fingerprint density at radius 2 is 1.72 bits per heavy atom. The van der Waals surface area contributed by atoms with Crippen LogP contribution in [0.3, 0.4) is 0 Å². The highest BCUT2D eigenvalue weighted by Gasteiger charge is 2.34. The number of carbonyl (C=O) groups is 1. The standard InChI is InChI=1S/C24H33N3O3S2/c1-19(21-9-15-27(16-10-21)32(29,30)23-8-5-17-31-23)24(28)25-22-11-13-26(14-12-22)18-20-6-3-2-4-7-20/h2-8,17,19,21-22H,9-16,18H2,1H3,(H,25,28)/t19-/m1/s1. The van der Waals surface area contributed by atoms with Crippen LogP contribution in [0.4, 0.5) is 0 Å². The Morgan fingerprint density at radius 3 is 2.34 bits per heavy atom. The third-order valence-corrected chi connectivity index (χ3v) is 10.2. The monoisotopic (exact) mass is 475 g/mol. The van der Waals surface area contributed by atoms with Crippen LogP contribution < -0.4 is 5.32 Å². The summed E-state index contributed by atoms with van der Waals surface area (Å²) in [5, 5.41) is 5.06. The summed E-state index contributed by atoms with van der Waals surface area (Å²) in [4.78, 5) is 15.3. The van der Waals surface area contributed by atoms with Crippen LogP contribution >= 0.6 is 11.3 Å². The number of amides is 1. The molecule has 2 fully saturated rings. The third kappa shape index (κ3) is 5.60. The topological polar surface area (TPSA) is 69.7 Å². The smallest absolute Gasteiger partial charge is 0.252 e. The lowest BCUT2D eigenvalue weighted by atomic mass is 9.85. The van der Waals surface area contributed by atoms with Gasteiger partial charge in [0.25, 0.3) is 10.0 Å². The molecule has 0 spiro atoms. The fraction of sp³-hybridized carbons (Fsp3) is 0.542. The van der Waals surface area contributed by atoms with Crippen molar-refractivity contribution >= 4 is 27.3 Å². The number of carbonyl (C=O) groups excluding carboxylic acids is 1. The van der Waals surface area contributed by atoms with Crippen molar-refractivity contribution < 1.29 is 13.2 Å². The molecule has 1 atom stereocenters. The fourth-order valence-electron chi connectivity index (χ4n) is 4.78. The molecule has 8 heteroatoms. The van der Waals surface area contributed by atoms with Crippen LogP contribution in [0, 0.1) is 11.8 Å². The molecule has 2 saturated heterocycles. The first-order valence-electron chi connectivity index (χ1n) is 11.5. The van der Waals surface area contributed by atoms with Gasteiger partial charge in [-0.3, -0.25) is 9.69 Å². The summed E-state index contributed by atoms with van der Waals surface area (Å²) in [7, 11) is -3.39. The van der Waals surface area contributed by atoms with Crippen molar-refractivity contribution in [3.63, 3.8) is 0 Å².